The number of anilines is 1. The molecule has 1 amide bonds. The number of non-ortho nitro benzene ring substituents is 1. The minimum atomic E-state index is -0.911. The third-order valence-electron chi connectivity index (χ3n) is 5.21. The number of nitro benzene ring substituents is 1. The fourth-order valence-corrected chi connectivity index (χ4v) is 4.07. The number of nitro groups is 1. The summed E-state index contributed by atoms with van der Waals surface area (Å²) in [6.07, 6.45) is 1.38. The lowest BCUT2D eigenvalue weighted by Crippen LogP contribution is -2.30. The van der Waals surface area contributed by atoms with Crippen molar-refractivity contribution < 1.29 is 14.1 Å². The molecule has 1 aliphatic heterocycles. The molecule has 32 heavy (non-hydrogen) atoms. The van der Waals surface area contributed by atoms with E-state index >= 15 is 0 Å². The molecule has 0 spiro atoms. The Morgan fingerprint density at radius 1 is 1.00 bits per heavy atom. The summed E-state index contributed by atoms with van der Waals surface area (Å²) in [6, 6.07) is 12.4. The Bertz CT molecular complexity index is 1470. The predicted octanol–water partition coefficient (Wildman–Crippen LogP) is 5.15. The molecule has 2 aromatic carbocycles. The summed E-state index contributed by atoms with van der Waals surface area (Å²) < 4.78 is 5.83. The highest BCUT2D eigenvalue weighted by Gasteiger charge is 2.44. The molecule has 1 atom stereocenters. The number of hydrogen-bond acceptors (Lipinski definition) is 6. The molecule has 0 N–H and O–H groups in total. The third-order valence-corrected chi connectivity index (χ3v) is 5.67. The number of amides is 1. The van der Waals surface area contributed by atoms with Gasteiger partial charge in [0.25, 0.3) is 11.6 Å². The van der Waals surface area contributed by atoms with E-state index in [1.54, 1.807) is 18.2 Å². The van der Waals surface area contributed by atoms with Gasteiger partial charge in [0, 0.05) is 23.4 Å². The van der Waals surface area contributed by atoms with Crippen LogP contribution in [0.1, 0.15) is 27.7 Å². The molecule has 0 radical (unpaired) electrons. The van der Waals surface area contributed by atoms with E-state index in [4.69, 9.17) is 27.6 Å². The maximum Gasteiger partial charge on any atom is 0.296 e. The van der Waals surface area contributed by atoms with E-state index in [-0.39, 0.29) is 33.8 Å². The van der Waals surface area contributed by atoms with Crippen LogP contribution in [0, 0.1) is 10.1 Å². The van der Waals surface area contributed by atoms with Crippen molar-refractivity contribution in [3.05, 3.63) is 108 Å². The number of carbonyl (C=O) groups excluding carboxylic acids is 1. The Hall–Kier alpha value is -3.75. The van der Waals surface area contributed by atoms with Crippen molar-refractivity contribution >= 4 is 51.6 Å². The van der Waals surface area contributed by atoms with Crippen LogP contribution >= 0.6 is 23.2 Å². The highest BCUT2D eigenvalue weighted by molar-refractivity contribution is 6.31. The molecule has 5 rings (SSSR count). The molecular formula is C22H11Cl2N3O5. The molecule has 4 aromatic rings. The van der Waals surface area contributed by atoms with Crippen molar-refractivity contribution in [2.24, 2.45) is 0 Å². The van der Waals surface area contributed by atoms with Crippen LogP contribution in [0.15, 0.2) is 70.0 Å². The zero-order valence-corrected chi connectivity index (χ0v) is 17.5. The van der Waals surface area contributed by atoms with Crippen molar-refractivity contribution in [1.29, 1.82) is 0 Å². The summed E-state index contributed by atoms with van der Waals surface area (Å²) in [5.74, 6) is -0.437. The van der Waals surface area contributed by atoms with E-state index in [9.17, 15) is 19.7 Å². The van der Waals surface area contributed by atoms with Gasteiger partial charge in [-0.1, -0.05) is 23.2 Å². The highest BCUT2D eigenvalue weighted by atomic mass is 35.5. The van der Waals surface area contributed by atoms with Gasteiger partial charge in [-0.25, -0.2) is 4.98 Å². The second kappa shape index (κ2) is 7.44. The smallest absolute Gasteiger partial charge is 0.296 e. The third kappa shape index (κ3) is 3.12. The second-order valence-electron chi connectivity index (χ2n) is 7.08. The fraction of sp³-hybridized carbons (Fsp3) is 0.0455. The molecule has 0 fully saturated rings. The quantitative estimate of drug-likeness (QED) is 0.304. The maximum atomic E-state index is 13.5. The van der Waals surface area contributed by atoms with Crippen LogP contribution < -0.4 is 10.3 Å². The molecule has 2 aromatic heterocycles. The normalized spacial score (nSPS) is 15.2. The number of carbonyl (C=O) groups is 1. The fourth-order valence-electron chi connectivity index (χ4n) is 3.79. The van der Waals surface area contributed by atoms with Crippen molar-refractivity contribution in [1.82, 2.24) is 4.98 Å². The van der Waals surface area contributed by atoms with Crippen LogP contribution in [0.3, 0.4) is 0 Å². The lowest BCUT2D eigenvalue weighted by molar-refractivity contribution is -0.384. The number of hydrogen-bond donors (Lipinski definition) is 0. The second-order valence-corrected chi connectivity index (χ2v) is 7.95. The van der Waals surface area contributed by atoms with Crippen LogP contribution in [-0.2, 0) is 0 Å². The van der Waals surface area contributed by atoms with Gasteiger partial charge in [-0.15, -0.1) is 0 Å². The topological polar surface area (TPSA) is 107 Å². The van der Waals surface area contributed by atoms with Crippen molar-refractivity contribution in [2.45, 2.75) is 6.04 Å². The largest absolute Gasteiger partial charge is 0.450 e. The standard InChI is InChI=1S/C22H11Cl2N3O5/c23-12-3-7-16-15(9-12)20(28)18-19(11-1-5-14(6-2-11)27(30)31)26(22(29)21(18)32-16)17-8-4-13(24)10-25-17/h1-10,19H. The van der Waals surface area contributed by atoms with Gasteiger partial charge in [0.05, 0.1) is 26.9 Å². The molecule has 1 aliphatic rings. The van der Waals surface area contributed by atoms with Crippen molar-refractivity contribution in [3.8, 4) is 0 Å². The van der Waals surface area contributed by atoms with E-state index in [1.807, 2.05) is 0 Å². The average molecular weight is 468 g/mol. The highest BCUT2D eigenvalue weighted by Crippen LogP contribution is 2.41. The Morgan fingerprint density at radius 3 is 2.38 bits per heavy atom. The summed E-state index contributed by atoms with van der Waals surface area (Å²) in [4.78, 5) is 42.9. The summed E-state index contributed by atoms with van der Waals surface area (Å²) in [5, 5.41) is 12.0. The van der Waals surface area contributed by atoms with E-state index in [0.29, 0.717) is 15.6 Å². The van der Waals surface area contributed by atoms with Crippen molar-refractivity contribution in [2.75, 3.05) is 4.90 Å². The number of benzene rings is 2. The van der Waals surface area contributed by atoms with Crippen LogP contribution in [-0.4, -0.2) is 15.8 Å². The molecule has 3 heterocycles. The minimum absolute atomic E-state index is 0.107. The molecule has 8 nitrogen and oxygen atoms in total. The lowest BCUT2D eigenvalue weighted by Gasteiger charge is -2.24. The molecule has 0 saturated carbocycles. The van der Waals surface area contributed by atoms with Gasteiger partial charge in [0.1, 0.15) is 11.4 Å². The first-order valence-corrected chi connectivity index (χ1v) is 10.1. The number of rotatable bonds is 3. The van der Waals surface area contributed by atoms with Crippen molar-refractivity contribution in [3.63, 3.8) is 0 Å². The summed E-state index contributed by atoms with van der Waals surface area (Å²) in [5.41, 5.74) is 0.270. The van der Waals surface area contributed by atoms with Crippen LogP contribution in [0.25, 0.3) is 11.0 Å². The first kappa shape index (κ1) is 20.2. The summed E-state index contributed by atoms with van der Waals surface area (Å²) in [7, 11) is 0. The van der Waals surface area contributed by atoms with Gasteiger partial charge < -0.3 is 4.42 Å². The zero-order valence-electron chi connectivity index (χ0n) is 16.0. The van der Waals surface area contributed by atoms with E-state index < -0.39 is 22.3 Å². The maximum absolute atomic E-state index is 13.5. The van der Waals surface area contributed by atoms with Gasteiger partial charge in [0.15, 0.2) is 5.43 Å². The molecule has 0 aliphatic carbocycles. The first-order chi connectivity index (χ1) is 15.3. The Kier molecular flexibility index (Phi) is 4.69. The molecular weight excluding hydrogens is 457 g/mol. The van der Waals surface area contributed by atoms with Gasteiger partial charge in [-0.05, 0) is 48.0 Å². The summed E-state index contributed by atoms with van der Waals surface area (Å²) >= 11 is 12.0. The van der Waals surface area contributed by atoms with E-state index in [1.165, 1.54) is 47.5 Å². The number of aromatic nitrogens is 1. The number of fused-ring (bicyclic) bond motifs is 2. The Morgan fingerprint density at radius 2 is 1.72 bits per heavy atom. The monoisotopic (exact) mass is 467 g/mol. The molecule has 0 bridgehead atoms. The Balaban J connectivity index is 1.78. The number of nitrogens with zero attached hydrogens (tertiary/aromatic N) is 3. The zero-order chi connectivity index (χ0) is 22.6. The molecule has 158 valence electrons. The van der Waals surface area contributed by atoms with E-state index in [0.717, 1.165) is 0 Å². The first-order valence-electron chi connectivity index (χ1n) is 9.31. The van der Waals surface area contributed by atoms with Gasteiger partial charge in [0.2, 0.25) is 5.76 Å². The van der Waals surface area contributed by atoms with Crippen LogP contribution in [0.4, 0.5) is 11.5 Å². The molecule has 1 unspecified atom stereocenters. The SMILES string of the molecule is O=C1c2oc3ccc(Cl)cc3c(=O)c2C(c2ccc([N+](=O)[O-])cc2)N1c1ccc(Cl)cn1. The number of halogens is 2. The summed E-state index contributed by atoms with van der Waals surface area (Å²) in [6.45, 7) is 0. The lowest BCUT2D eigenvalue weighted by atomic mass is 9.98. The predicted molar refractivity (Wildman–Crippen MR) is 118 cm³/mol. The van der Waals surface area contributed by atoms with Gasteiger partial charge in [-0.2, -0.15) is 0 Å². The van der Waals surface area contributed by atoms with Gasteiger partial charge in [-0.3, -0.25) is 24.6 Å². The van der Waals surface area contributed by atoms with E-state index in [2.05, 4.69) is 4.98 Å². The Labute approximate surface area is 189 Å². The van der Waals surface area contributed by atoms with Gasteiger partial charge >= 0.3 is 0 Å². The molecule has 0 saturated heterocycles. The van der Waals surface area contributed by atoms with Crippen LogP contribution in [0.2, 0.25) is 10.0 Å². The average Bonchev–Trinajstić information content (AvgIpc) is 3.07. The number of pyridine rings is 1. The minimum Gasteiger partial charge on any atom is -0.450 e. The molecule has 10 heteroatoms. The van der Waals surface area contributed by atoms with Crippen LogP contribution in [0.5, 0.6) is 0 Å².